The first-order valence-electron chi connectivity index (χ1n) is 7.81. The van der Waals surface area contributed by atoms with Gasteiger partial charge in [0.1, 0.15) is 6.04 Å². The fraction of sp³-hybridized carbons (Fsp3) is 0.500. The van der Waals surface area contributed by atoms with Crippen LogP contribution in [0, 0.1) is 0 Å². The number of nitrogens with one attached hydrogen (secondary N) is 2. The Balaban J connectivity index is 2.01. The van der Waals surface area contributed by atoms with Gasteiger partial charge in [-0.2, -0.15) is 0 Å². The van der Waals surface area contributed by atoms with Crippen LogP contribution in [0.1, 0.15) is 13.8 Å². The first-order chi connectivity index (χ1) is 11.4. The van der Waals surface area contributed by atoms with E-state index in [-0.39, 0.29) is 24.5 Å². The Morgan fingerprint density at radius 3 is 2.62 bits per heavy atom. The van der Waals surface area contributed by atoms with Crippen molar-refractivity contribution in [1.29, 1.82) is 0 Å². The minimum Gasteiger partial charge on any atom is -0.375 e. The molecule has 0 spiro atoms. The average Bonchev–Trinajstić information content (AvgIpc) is 2.56. The number of halogens is 2. The second kappa shape index (κ2) is 8.67. The van der Waals surface area contributed by atoms with E-state index in [1.165, 1.54) is 4.90 Å². The molecule has 0 bridgehead atoms. The number of nitrogens with zero attached hydrogens (tertiary/aromatic N) is 1. The zero-order valence-electron chi connectivity index (χ0n) is 13.6. The highest BCUT2D eigenvalue weighted by Gasteiger charge is 2.32. The molecule has 0 saturated carbocycles. The first-order valence-corrected chi connectivity index (χ1v) is 8.57. The molecule has 1 saturated heterocycles. The quantitative estimate of drug-likeness (QED) is 0.829. The Kier molecular flexibility index (Phi) is 6.86. The molecule has 132 valence electrons. The number of carbonyl (C=O) groups excluding carboxylic acids is 2. The molecule has 2 atom stereocenters. The van der Waals surface area contributed by atoms with Crippen molar-refractivity contribution in [3.05, 3.63) is 28.2 Å². The van der Waals surface area contributed by atoms with Gasteiger partial charge in [-0.3, -0.25) is 9.59 Å². The topological polar surface area (TPSA) is 70.7 Å². The van der Waals surface area contributed by atoms with Crippen molar-refractivity contribution in [3.63, 3.8) is 0 Å². The summed E-state index contributed by atoms with van der Waals surface area (Å²) in [5, 5.41) is 6.50. The molecule has 0 aliphatic carbocycles. The predicted molar refractivity (Wildman–Crippen MR) is 94.6 cm³/mol. The Morgan fingerprint density at radius 1 is 1.38 bits per heavy atom. The lowest BCUT2D eigenvalue weighted by Gasteiger charge is -2.33. The number of benzene rings is 1. The normalized spacial score (nSPS) is 20.5. The Morgan fingerprint density at radius 2 is 2.04 bits per heavy atom. The summed E-state index contributed by atoms with van der Waals surface area (Å²) in [7, 11) is 0. The van der Waals surface area contributed by atoms with Crippen LogP contribution in [0.3, 0.4) is 0 Å². The maximum Gasteiger partial charge on any atom is 0.244 e. The Bertz CT molecular complexity index is 592. The molecule has 8 heteroatoms. The van der Waals surface area contributed by atoms with Crippen LogP contribution in [0.15, 0.2) is 18.2 Å². The molecule has 1 fully saturated rings. The van der Waals surface area contributed by atoms with Crippen LogP contribution in [0.2, 0.25) is 10.0 Å². The Hall–Kier alpha value is -1.34. The number of para-hydroxylation sites is 1. The molecule has 1 aromatic carbocycles. The van der Waals surface area contributed by atoms with Crippen LogP contribution in [-0.4, -0.2) is 55.1 Å². The molecule has 2 N–H and O–H groups in total. The molecule has 2 amide bonds. The largest absolute Gasteiger partial charge is 0.375 e. The van der Waals surface area contributed by atoms with Crippen LogP contribution in [0.25, 0.3) is 0 Å². The predicted octanol–water partition coefficient (Wildman–Crippen LogP) is 2.16. The van der Waals surface area contributed by atoms with Gasteiger partial charge in [0.2, 0.25) is 11.8 Å². The molecule has 1 aliphatic rings. The van der Waals surface area contributed by atoms with E-state index < -0.39 is 6.04 Å². The highest BCUT2D eigenvalue weighted by molar-refractivity contribution is 6.39. The van der Waals surface area contributed by atoms with Gasteiger partial charge in [-0.15, -0.1) is 0 Å². The van der Waals surface area contributed by atoms with Crippen molar-refractivity contribution in [2.24, 2.45) is 0 Å². The minimum absolute atomic E-state index is 0.0816. The monoisotopic (exact) mass is 373 g/mol. The molecule has 0 unspecified atom stereocenters. The Labute approximate surface area is 151 Å². The van der Waals surface area contributed by atoms with E-state index >= 15 is 0 Å². The van der Waals surface area contributed by atoms with Gasteiger partial charge >= 0.3 is 0 Å². The van der Waals surface area contributed by atoms with Gasteiger partial charge in [0.15, 0.2) is 0 Å². The van der Waals surface area contributed by atoms with Gasteiger partial charge in [-0.1, -0.05) is 29.3 Å². The second-order valence-electron chi connectivity index (χ2n) is 5.50. The number of morpholine rings is 1. The number of hydrogen-bond donors (Lipinski definition) is 2. The minimum atomic E-state index is -0.449. The van der Waals surface area contributed by atoms with Crippen molar-refractivity contribution >= 4 is 40.7 Å². The van der Waals surface area contributed by atoms with Crippen LogP contribution in [0.4, 0.5) is 5.69 Å². The third-order valence-electron chi connectivity index (χ3n) is 3.84. The van der Waals surface area contributed by atoms with Gasteiger partial charge in [-0.25, -0.2) is 0 Å². The van der Waals surface area contributed by atoms with Gasteiger partial charge in [-0.05, 0) is 26.0 Å². The van der Waals surface area contributed by atoms with E-state index in [0.29, 0.717) is 35.4 Å². The van der Waals surface area contributed by atoms with Crippen LogP contribution >= 0.6 is 23.2 Å². The maximum atomic E-state index is 12.6. The van der Waals surface area contributed by atoms with E-state index in [1.807, 2.05) is 13.8 Å². The molecule has 1 heterocycles. The standard InChI is InChI=1S/C16H21Cl2N3O3/c1-3-21(16(23)14-10(2)24-8-7-19-14)9-13(22)20-15-11(17)5-4-6-12(15)18/h4-6,10,14,19H,3,7-9H2,1-2H3,(H,20,22)/t10-,14+/m1/s1. The van der Waals surface area contributed by atoms with Gasteiger partial charge in [0.25, 0.3) is 0 Å². The zero-order valence-corrected chi connectivity index (χ0v) is 15.2. The highest BCUT2D eigenvalue weighted by Crippen LogP contribution is 2.29. The van der Waals surface area contributed by atoms with E-state index in [0.717, 1.165) is 0 Å². The molecular formula is C16H21Cl2N3O3. The summed E-state index contributed by atoms with van der Waals surface area (Å²) in [4.78, 5) is 26.4. The summed E-state index contributed by atoms with van der Waals surface area (Å²) < 4.78 is 5.49. The molecule has 0 aromatic heterocycles. The molecule has 24 heavy (non-hydrogen) atoms. The van der Waals surface area contributed by atoms with E-state index in [9.17, 15) is 9.59 Å². The number of amides is 2. The molecular weight excluding hydrogens is 353 g/mol. The lowest BCUT2D eigenvalue weighted by atomic mass is 10.1. The number of rotatable bonds is 5. The third-order valence-corrected chi connectivity index (χ3v) is 4.47. The highest BCUT2D eigenvalue weighted by atomic mass is 35.5. The fourth-order valence-electron chi connectivity index (χ4n) is 2.52. The van der Waals surface area contributed by atoms with Crippen LogP contribution < -0.4 is 10.6 Å². The average molecular weight is 374 g/mol. The summed E-state index contributed by atoms with van der Waals surface area (Å²) in [5.74, 6) is -0.519. The number of hydrogen-bond acceptors (Lipinski definition) is 4. The van der Waals surface area contributed by atoms with Gasteiger partial charge in [0, 0.05) is 13.1 Å². The first kappa shape index (κ1) is 19.0. The van der Waals surface area contributed by atoms with Crippen molar-refractivity contribution in [2.75, 3.05) is 31.6 Å². The summed E-state index contributed by atoms with van der Waals surface area (Å²) in [5.41, 5.74) is 0.349. The molecule has 0 radical (unpaired) electrons. The third kappa shape index (κ3) is 4.60. The summed E-state index contributed by atoms with van der Waals surface area (Å²) >= 11 is 12.1. The SMILES string of the molecule is CCN(CC(=O)Nc1c(Cl)cccc1Cl)C(=O)[C@H]1NCCO[C@@H]1C. The number of likely N-dealkylation sites (N-methyl/N-ethyl adjacent to an activating group) is 1. The van der Waals surface area contributed by atoms with Crippen molar-refractivity contribution < 1.29 is 14.3 Å². The van der Waals surface area contributed by atoms with Crippen molar-refractivity contribution in [2.45, 2.75) is 26.0 Å². The molecule has 6 nitrogen and oxygen atoms in total. The molecule has 2 rings (SSSR count). The van der Waals surface area contributed by atoms with E-state index in [1.54, 1.807) is 18.2 Å². The van der Waals surface area contributed by atoms with Crippen molar-refractivity contribution in [3.8, 4) is 0 Å². The van der Waals surface area contributed by atoms with Crippen LogP contribution in [-0.2, 0) is 14.3 Å². The number of anilines is 1. The summed E-state index contributed by atoms with van der Waals surface area (Å²) in [6, 6.07) is 4.52. The van der Waals surface area contributed by atoms with E-state index in [2.05, 4.69) is 10.6 Å². The lowest BCUT2D eigenvalue weighted by Crippen LogP contribution is -2.57. The molecule has 1 aliphatic heterocycles. The summed E-state index contributed by atoms with van der Waals surface area (Å²) in [6.07, 6.45) is -0.235. The zero-order chi connectivity index (χ0) is 17.7. The fourth-order valence-corrected chi connectivity index (χ4v) is 3.01. The van der Waals surface area contributed by atoms with Crippen LogP contribution in [0.5, 0.6) is 0 Å². The maximum absolute atomic E-state index is 12.6. The van der Waals surface area contributed by atoms with Crippen molar-refractivity contribution in [1.82, 2.24) is 10.2 Å². The number of ether oxygens (including phenoxy) is 1. The smallest absolute Gasteiger partial charge is 0.244 e. The van der Waals surface area contributed by atoms with E-state index in [4.69, 9.17) is 27.9 Å². The lowest BCUT2D eigenvalue weighted by molar-refractivity contribution is -0.141. The number of carbonyl (C=O) groups is 2. The second-order valence-corrected chi connectivity index (χ2v) is 6.32. The van der Waals surface area contributed by atoms with Gasteiger partial charge in [0.05, 0.1) is 35.0 Å². The van der Waals surface area contributed by atoms with Gasteiger partial charge < -0.3 is 20.3 Å². The summed E-state index contributed by atoms with van der Waals surface area (Å²) in [6.45, 7) is 5.17. The molecule has 1 aromatic rings.